The topological polar surface area (TPSA) is 52.0 Å². The Kier molecular flexibility index (Phi) is 4.68. The number of aryl methyl sites for hydroxylation is 1. The number of hydrogen-bond acceptors (Lipinski definition) is 4. The average Bonchev–Trinajstić information content (AvgIpc) is 2.82. The van der Waals surface area contributed by atoms with Crippen LogP contribution in [0.2, 0.25) is 0 Å². The van der Waals surface area contributed by atoms with Crippen molar-refractivity contribution in [3.05, 3.63) is 41.7 Å². The Balaban J connectivity index is 2.17. The number of nitrogens with one attached hydrogen (secondary N) is 1. The third-order valence-electron chi connectivity index (χ3n) is 3.11. The largest absolute Gasteiger partial charge is 0.485 e. The molecule has 0 bridgehead atoms. The van der Waals surface area contributed by atoms with Gasteiger partial charge in [-0.05, 0) is 19.5 Å². The Hall–Kier alpha value is -1.95. The predicted octanol–water partition coefficient (Wildman–Crippen LogP) is 2.20. The minimum atomic E-state index is -0.314. The van der Waals surface area contributed by atoms with E-state index in [9.17, 15) is 4.39 Å². The second kappa shape index (κ2) is 6.47. The van der Waals surface area contributed by atoms with E-state index in [1.165, 1.54) is 18.5 Å². The number of ether oxygens (including phenoxy) is 1. The molecule has 6 heteroatoms. The zero-order chi connectivity index (χ0) is 14.5. The first kappa shape index (κ1) is 14.5. The van der Waals surface area contributed by atoms with Gasteiger partial charge in [0.2, 0.25) is 0 Å². The minimum absolute atomic E-state index is 0.0927. The van der Waals surface area contributed by atoms with Crippen LogP contribution in [0.15, 0.2) is 24.5 Å². The van der Waals surface area contributed by atoms with Crippen molar-refractivity contribution in [3.8, 4) is 5.75 Å². The van der Waals surface area contributed by atoms with Crippen molar-refractivity contribution >= 4 is 0 Å². The Morgan fingerprint density at radius 2 is 2.25 bits per heavy atom. The summed E-state index contributed by atoms with van der Waals surface area (Å²) in [6, 6.07) is 4.68. The van der Waals surface area contributed by atoms with Crippen LogP contribution in [0, 0.1) is 5.82 Å². The summed E-state index contributed by atoms with van der Waals surface area (Å²) in [5, 5.41) is 7.26. The lowest BCUT2D eigenvalue weighted by molar-refractivity contribution is 0.282. The maximum atomic E-state index is 13.4. The highest BCUT2D eigenvalue weighted by Crippen LogP contribution is 2.26. The fourth-order valence-electron chi connectivity index (χ4n) is 2.00. The smallest absolute Gasteiger partial charge is 0.164 e. The van der Waals surface area contributed by atoms with Crippen LogP contribution in [0.25, 0.3) is 0 Å². The molecule has 0 aliphatic carbocycles. The van der Waals surface area contributed by atoms with Gasteiger partial charge in [-0.2, -0.15) is 5.10 Å². The van der Waals surface area contributed by atoms with Gasteiger partial charge in [-0.1, -0.05) is 13.0 Å². The van der Waals surface area contributed by atoms with Crippen LogP contribution in [0.1, 0.15) is 31.3 Å². The maximum absolute atomic E-state index is 13.4. The summed E-state index contributed by atoms with van der Waals surface area (Å²) in [5.41, 5.74) is 0.926. The van der Waals surface area contributed by atoms with Crippen molar-refractivity contribution in [2.75, 3.05) is 6.54 Å². The lowest BCUT2D eigenvalue weighted by Crippen LogP contribution is -2.18. The summed E-state index contributed by atoms with van der Waals surface area (Å²) < 4.78 is 20.7. The number of aromatic nitrogens is 3. The lowest BCUT2D eigenvalue weighted by atomic mass is 10.1. The molecule has 0 saturated heterocycles. The van der Waals surface area contributed by atoms with E-state index < -0.39 is 0 Å². The molecule has 0 radical (unpaired) electrons. The summed E-state index contributed by atoms with van der Waals surface area (Å²) in [7, 11) is 1.79. The Morgan fingerprint density at radius 3 is 2.90 bits per heavy atom. The molecule has 20 heavy (non-hydrogen) atoms. The van der Waals surface area contributed by atoms with Crippen molar-refractivity contribution in [1.82, 2.24) is 20.1 Å². The summed E-state index contributed by atoms with van der Waals surface area (Å²) >= 11 is 0. The molecule has 1 atom stereocenters. The van der Waals surface area contributed by atoms with E-state index in [1.54, 1.807) is 17.8 Å². The number of nitrogens with zero attached hydrogens (tertiary/aromatic N) is 3. The van der Waals surface area contributed by atoms with Crippen LogP contribution in [0.4, 0.5) is 4.39 Å². The van der Waals surface area contributed by atoms with Crippen LogP contribution in [-0.4, -0.2) is 21.3 Å². The van der Waals surface area contributed by atoms with Gasteiger partial charge in [0.05, 0.1) is 0 Å². The number of benzene rings is 1. The average molecular weight is 278 g/mol. The lowest BCUT2D eigenvalue weighted by Gasteiger charge is -2.17. The predicted molar refractivity (Wildman–Crippen MR) is 73.8 cm³/mol. The molecular formula is C14H19FN4O. The third kappa shape index (κ3) is 3.33. The summed E-state index contributed by atoms with van der Waals surface area (Å²) in [6.07, 6.45) is 1.46. The zero-order valence-corrected chi connectivity index (χ0v) is 11.9. The van der Waals surface area contributed by atoms with Gasteiger partial charge in [0.15, 0.2) is 5.82 Å². The van der Waals surface area contributed by atoms with E-state index >= 15 is 0 Å². The van der Waals surface area contributed by atoms with Crippen molar-refractivity contribution in [3.63, 3.8) is 0 Å². The molecule has 0 aliphatic heterocycles. The molecule has 0 spiro atoms. The standard InChI is InChI=1S/C14H19FN4O/c1-4-16-10(2)12-6-5-11(15)7-13(12)20-8-14-17-9-18-19(14)3/h5-7,9-10,16H,4,8H2,1-3H3. The number of halogens is 1. The first-order valence-electron chi connectivity index (χ1n) is 6.60. The van der Waals surface area contributed by atoms with Gasteiger partial charge in [-0.15, -0.1) is 0 Å². The highest BCUT2D eigenvalue weighted by atomic mass is 19.1. The molecule has 1 aromatic heterocycles. The third-order valence-corrected chi connectivity index (χ3v) is 3.11. The zero-order valence-electron chi connectivity index (χ0n) is 11.9. The van der Waals surface area contributed by atoms with Crippen molar-refractivity contribution in [2.24, 2.45) is 7.05 Å². The molecule has 2 rings (SSSR count). The van der Waals surface area contributed by atoms with E-state index in [0.717, 1.165) is 12.1 Å². The molecule has 1 unspecified atom stereocenters. The Bertz CT molecular complexity index is 570. The van der Waals surface area contributed by atoms with Crippen LogP contribution >= 0.6 is 0 Å². The molecule has 108 valence electrons. The molecule has 1 N–H and O–H groups in total. The highest BCUT2D eigenvalue weighted by molar-refractivity contribution is 5.36. The van der Waals surface area contributed by atoms with Crippen LogP contribution < -0.4 is 10.1 Å². The first-order valence-corrected chi connectivity index (χ1v) is 6.60. The van der Waals surface area contributed by atoms with Crippen LogP contribution in [0.5, 0.6) is 5.75 Å². The minimum Gasteiger partial charge on any atom is -0.485 e. The second-order valence-corrected chi connectivity index (χ2v) is 4.55. The summed E-state index contributed by atoms with van der Waals surface area (Å²) in [6.45, 7) is 5.14. The monoisotopic (exact) mass is 278 g/mol. The van der Waals surface area contributed by atoms with E-state index in [4.69, 9.17) is 4.74 Å². The Labute approximate surface area is 117 Å². The van der Waals surface area contributed by atoms with Crippen molar-refractivity contribution < 1.29 is 9.13 Å². The molecule has 0 fully saturated rings. The van der Waals surface area contributed by atoms with Gasteiger partial charge in [-0.25, -0.2) is 9.37 Å². The molecule has 0 amide bonds. The van der Waals surface area contributed by atoms with Gasteiger partial charge in [0.25, 0.3) is 0 Å². The molecule has 2 aromatic rings. The Morgan fingerprint density at radius 1 is 1.45 bits per heavy atom. The quantitative estimate of drug-likeness (QED) is 0.880. The summed E-state index contributed by atoms with van der Waals surface area (Å²) in [5.74, 6) is 0.906. The molecule has 0 saturated carbocycles. The maximum Gasteiger partial charge on any atom is 0.164 e. The molecule has 1 heterocycles. The van der Waals surface area contributed by atoms with Gasteiger partial charge >= 0.3 is 0 Å². The highest BCUT2D eigenvalue weighted by Gasteiger charge is 2.13. The van der Waals surface area contributed by atoms with Crippen molar-refractivity contribution in [2.45, 2.75) is 26.5 Å². The van der Waals surface area contributed by atoms with Gasteiger partial charge in [0, 0.05) is 24.7 Å². The number of rotatable bonds is 6. The normalized spacial score (nSPS) is 12.4. The SMILES string of the molecule is CCNC(C)c1ccc(F)cc1OCc1ncnn1C. The van der Waals surface area contributed by atoms with Crippen molar-refractivity contribution in [1.29, 1.82) is 0 Å². The summed E-state index contributed by atoms with van der Waals surface area (Å²) in [4.78, 5) is 4.08. The number of hydrogen-bond donors (Lipinski definition) is 1. The second-order valence-electron chi connectivity index (χ2n) is 4.55. The fourth-order valence-corrected chi connectivity index (χ4v) is 2.00. The molecule has 0 aliphatic rings. The molecule has 1 aromatic carbocycles. The molecule has 5 nitrogen and oxygen atoms in total. The van der Waals surface area contributed by atoms with E-state index in [1.807, 2.05) is 13.8 Å². The first-order chi connectivity index (χ1) is 9.61. The van der Waals surface area contributed by atoms with Crippen LogP contribution in [0.3, 0.4) is 0 Å². The van der Waals surface area contributed by atoms with E-state index in [2.05, 4.69) is 15.4 Å². The fraction of sp³-hybridized carbons (Fsp3) is 0.429. The van der Waals surface area contributed by atoms with Crippen LogP contribution in [-0.2, 0) is 13.7 Å². The van der Waals surface area contributed by atoms with Gasteiger partial charge in [-0.3, -0.25) is 4.68 Å². The van der Waals surface area contributed by atoms with Gasteiger partial charge in [0.1, 0.15) is 24.5 Å². The van der Waals surface area contributed by atoms with E-state index in [0.29, 0.717) is 11.6 Å². The molecular weight excluding hydrogens is 259 g/mol. The van der Waals surface area contributed by atoms with Gasteiger partial charge < -0.3 is 10.1 Å². The van der Waals surface area contributed by atoms with E-state index in [-0.39, 0.29) is 18.5 Å².